The first kappa shape index (κ1) is 16.5. The van der Waals surface area contributed by atoms with Gasteiger partial charge in [0.25, 0.3) is 10.0 Å². The number of aryl methyl sites for hydroxylation is 2. The number of hydrogen-bond donors (Lipinski definition) is 0. The van der Waals surface area contributed by atoms with Crippen LogP contribution in [-0.2, 0) is 19.6 Å². The molecule has 0 unspecified atom stereocenters. The molecule has 0 amide bonds. The molecular formula is C13H15N3O4S2. The summed E-state index contributed by atoms with van der Waals surface area (Å²) in [7, 11) is -2.52. The second-order valence-electron chi connectivity index (χ2n) is 4.54. The highest BCUT2D eigenvalue weighted by atomic mass is 32.2. The third kappa shape index (κ3) is 3.47. The van der Waals surface area contributed by atoms with E-state index in [2.05, 4.69) is 14.8 Å². The van der Waals surface area contributed by atoms with Gasteiger partial charge in [-0.05, 0) is 31.0 Å². The number of aromatic nitrogens is 3. The first-order chi connectivity index (χ1) is 10.3. The van der Waals surface area contributed by atoms with Crippen molar-refractivity contribution < 1.29 is 17.9 Å². The van der Waals surface area contributed by atoms with Gasteiger partial charge in [0.05, 0.1) is 17.8 Å². The highest BCUT2D eigenvalue weighted by molar-refractivity contribution is 7.99. The van der Waals surface area contributed by atoms with Crippen molar-refractivity contribution in [3.8, 4) is 0 Å². The number of methoxy groups -OCH3 is 1. The van der Waals surface area contributed by atoms with E-state index in [1.165, 1.54) is 7.11 Å². The number of nitrogens with zero attached hydrogens (tertiary/aromatic N) is 3. The van der Waals surface area contributed by atoms with E-state index in [0.717, 1.165) is 27.7 Å². The molecule has 2 rings (SSSR count). The Morgan fingerprint density at radius 3 is 2.77 bits per heavy atom. The molecule has 0 N–H and O–H groups in total. The van der Waals surface area contributed by atoms with Gasteiger partial charge < -0.3 is 4.74 Å². The minimum Gasteiger partial charge on any atom is -0.468 e. The topological polar surface area (TPSA) is 91.1 Å². The van der Waals surface area contributed by atoms with Crippen molar-refractivity contribution in [3.05, 3.63) is 35.7 Å². The number of hydrogen-bond acceptors (Lipinski definition) is 7. The molecule has 0 atom stereocenters. The van der Waals surface area contributed by atoms with Gasteiger partial charge in [-0.25, -0.2) is 4.98 Å². The summed E-state index contributed by atoms with van der Waals surface area (Å²) in [6, 6.07) is 5.17. The Bertz CT molecular complexity index is 799. The van der Waals surface area contributed by atoms with E-state index in [9.17, 15) is 13.2 Å². The standard InChI is InChI=1S/C13H15N3O4S2/c1-9-4-5-10(2)11(6-9)22(18,19)16-8-14-13(15-16)21-7-12(17)20-3/h4-6,8H,7H2,1-3H3. The summed E-state index contributed by atoms with van der Waals surface area (Å²) in [5, 5.41) is 4.10. The molecule has 2 aromatic rings. The van der Waals surface area contributed by atoms with E-state index < -0.39 is 16.0 Å². The molecule has 1 aromatic heterocycles. The summed E-state index contributed by atoms with van der Waals surface area (Å²) < 4.78 is 30.5. The largest absolute Gasteiger partial charge is 0.468 e. The van der Waals surface area contributed by atoms with Crippen LogP contribution in [0.1, 0.15) is 11.1 Å². The van der Waals surface area contributed by atoms with E-state index in [-0.39, 0.29) is 15.8 Å². The first-order valence-electron chi connectivity index (χ1n) is 6.28. The molecule has 0 aliphatic heterocycles. The summed E-state index contributed by atoms with van der Waals surface area (Å²) in [6.45, 7) is 3.54. The van der Waals surface area contributed by atoms with Crippen LogP contribution in [0.25, 0.3) is 0 Å². The summed E-state index contributed by atoms with van der Waals surface area (Å²) in [5.41, 5.74) is 1.47. The second kappa shape index (κ2) is 6.49. The van der Waals surface area contributed by atoms with Gasteiger partial charge in [-0.1, -0.05) is 23.9 Å². The maximum atomic E-state index is 12.6. The number of thioether (sulfide) groups is 1. The van der Waals surface area contributed by atoms with Crippen molar-refractivity contribution in [2.75, 3.05) is 12.9 Å². The van der Waals surface area contributed by atoms with E-state index in [4.69, 9.17) is 0 Å². The summed E-state index contributed by atoms with van der Waals surface area (Å²) in [4.78, 5) is 15.1. The fourth-order valence-corrected chi connectivity index (χ4v) is 3.74. The average molecular weight is 341 g/mol. The summed E-state index contributed by atoms with van der Waals surface area (Å²) in [6.07, 6.45) is 1.12. The minimum absolute atomic E-state index is 0.0179. The molecular weight excluding hydrogens is 326 g/mol. The van der Waals surface area contributed by atoms with Crippen molar-refractivity contribution in [1.29, 1.82) is 0 Å². The predicted molar refractivity (Wildman–Crippen MR) is 81.3 cm³/mol. The van der Waals surface area contributed by atoms with Crippen molar-refractivity contribution in [2.45, 2.75) is 23.9 Å². The van der Waals surface area contributed by atoms with Crippen LogP contribution in [0.2, 0.25) is 0 Å². The molecule has 0 radical (unpaired) electrons. The molecule has 0 bridgehead atoms. The van der Waals surface area contributed by atoms with E-state index in [1.54, 1.807) is 19.1 Å². The van der Waals surface area contributed by atoms with Gasteiger partial charge in [0, 0.05) is 0 Å². The lowest BCUT2D eigenvalue weighted by Gasteiger charge is -2.07. The van der Waals surface area contributed by atoms with Crippen LogP contribution < -0.4 is 0 Å². The minimum atomic E-state index is -3.80. The monoisotopic (exact) mass is 341 g/mol. The lowest BCUT2D eigenvalue weighted by Crippen LogP contribution is -2.15. The molecule has 118 valence electrons. The van der Waals surface area contributed by atoms with Gasteiger partial charge >= 0.3 is 5.97 Å². The third-order valence-corrected chi connectivity index (χ3v) is 5.36. The van der Waals surface area contributed by atoms with Crippen LogP contribution in [0.15, 0.2) is 34.6 Å². The lowest BCUT2D eigenvalue weighted by atomic mass is 10.2. The molecule has 7 nitrogen and oxygen atoms in total. The van der Waals surface area contributed by atoms with Crippen molar-refractivity contribution in [1.82, 2.24) is 14.2 Å². The predicted octanol–water partition coefficient (Wildman–Crippen LogP) is 1.40. The number of carbonyl (C=O) groups excluding carboxylic acids is 1. The number of rotatable bonds is 5. The van der Waals surface area contributed by atoms with E-state index in [1.807, 2.05) is 13.0 Å². The van der Waals surface area contributed by atoms with Crippen LogP contribution in [0.4, 0.5) is 0 Å². The molecule has 0 spiro atoms. The highest BCUT2D eigenvalue weighted by Gasteiger charge is 2.21. The van der Waals surface area contributed by atoms with Crippen molar-refractivity contribution in [3.63, 3.8) is 0 Å². The van der Waals surface area contributed by atoms with Gasteiger partial charge in [-0.2, -0.15) is 8.42 Å². The number of benzene rings is 1. The zero-order chi connectivity index (χ0) is 16.3. The number of carbonyl (C=O) groups is 1. The fraction of sp³-hybridized carbons (Fsp3) is 0.308. The van der Waals surface area contributed by atoms with Crippen molar-refractivity contribution in [2.24, 2.45) is 0 Å². The SMILES string of the molecule is COC(=O)CSc1ncn(S(=O)(=O)c2cc(C)ccc2C)n1. The second-order valence-corrected chi connectivity index (χ2v) is 7.25. The molecule has 0 aliphatic rings. The van der Waals surface area contributed by atoms with Gasteiger partial charge in [0.2, 0.25) is 5.16 Å². The summed E-state index contributed by atoms with van der Waals surface area (Å²) >= 11 is 1.01. The molecule has 0 saturated heterocycles. The molecule has 9 heteroatoms. The van der Waals surface area contributed by atoms with Gasteiger partial charge in [-0.3, -0.25) is 4.79 Å². The van der Waals surface area contributed by atoms with Crippen LogP contribution in [0.3, 0.4) is 0 Å². The Kier molecular flexibility index (Phi) is 4.87. The van der Waals surface area contributed by atoms with Crippen LogP contribution in [0, 0.1) is 13.8 Å². The Labute approximate surface area is 132 Å². The molecule has 1 aromatic carbocycles. The third-order valence-electron chi connectivity index (χ3n) is 2.87. The molecule has 1 heterocycles. The van der Waals surface area contributed by atoms with Gasteiger partial charge in [0.15, 0.2) is 0 Å². The van der Waals surface area contributed by atoms with E-state index in [0.29, 0.717) is 5.56 Å². The zero-order valence-corrected chi connectivity index (χ0v) is 13.9. The maximum Gasteiger partial charge on any atom is 0.316 e. The Morgan fingerprint density at radius 1 is 1.36 bits per heavy atom. The number of esters is 1. The smallest absolute Gasteiger partial charge is 0.316 e. The quantitative estimate of drug-likeness (QED) is 0.599. The Morgan fingerprint density at radius 2 is 2.09 bits per heavy atom. The Balaban J connectivity index is 2.29. The number of ether oxygens (including phenoxy) is 1. The molecule has 0 saturated carbocycles. The van der Waals surface area contributed by atoms with Crippen molar-refractivity contribution >= 4 is 27.8 Å². The van der Waals surface area contributed by atoms with Gasteiger partial charge in [0.1, 0.15) is 6.33 Å². The Hall–Kier alpha value is -1.87. The molecule has 22 heavy (non-hydrogen) atoms. The van der Waals surface area contributed by atoms with E-state index >= 15 is 0 Å². The van der Waals surface area contributed by atoms with Crippen LogP contribution >= 0.6 is 11.8 Å². The average Bonchev–Trinajstić information content (AvgIpc) is 2.96. The van der Waals surface area contributed by atoms with Crippen LogP contribution in [-0.4, -0.2) is 41.4 Å². The normalized spacial score (nSPS) is 11.4. The molecule has 0 aliphatic carbocycles. The fourth-order valence-electron chi connectivity index (χ4n) is 1.69. The van der Waals surface area contributed by atoms with Gasteiger partial charge in [-0.15, -0.1) is 9.19 Å². The summed E-state index contributed by atoms with van der Waals surface area (Å²) in [5.74, 6) is -0.414. The first-order valence-corrected chi connectivity index (χ1v) is 8.71. The zero-order valence-electron chi connectivity index (χ0n) is 12.3. The maximum absolute atomic E-state index is 12.6. The molecule has 0 fully saturated rings. The highest BCUT2D eigenvalue weighted by Crippen LogP contribution is 2.20. The lowest BCUT2D eigenvalue weighted by molar-refractivity contribution is -0.137. The van der Waals surface area contributed by atoms with Crippen LogP contribution in [0.5, 0.6) is 0 Å².